The van der Waals surface area contributed by atoms with Crippen LogP contribution in [0.5, 0.6) is 5.75 Å². The van der Waals surface area contributed by atoms with E-state index in [2.05, 4.69) is 11.8 Å². The number of carbonyl (C=O) groups is 1. The Bertz CT molecular complexity index is 847. The number of carbonyl (C=O) groups excluding carboxylic acids is 1. The summed E-state index contributed by atoms with van der Waals surface area (Å²) in [6, 6.07) is 15.0. The summed E-state index contributed by atoms with van der Waals surface area (Å²) < 4.78 is 5.94. The van der Waals surface area contributed by atoms with Gasteiger partial charge in [-0.1, -0.05) is 30.0 Å². The van der Waals surface area contributed by atoms with Crippen LogP contribution in [0.25, 0.3) is 0 Å². The molecule has 0 saturated carbocycles. The molecular formula is C22H23NO3. The molecule has 0 aliphatic carbocycles. The van der Waals surface area contributed by atoms with Crippen LogP contribution in [0, 0.1) is 18.8 Å². The molecule has 1 heterocycles. The summed E-state index contributed by atoms with van der Waals surface area (Å²) in [6.07, 6.45) is 0.0389. The van der Waals surface area contributed by atoms with Crippen molar-refractivity contribution in [2.75, 3.05) is 13.1 Å². The molecule has 0 atom stereocenters. The lowest BCUT2D eigenvalue weighted by atomic mass is 10.1. The molecule has 0 aromatic heterocycles. The maximum absolute atomic E-state index is 12.5. The fourth-order valence-electron chi connectivity index (χ4n) is 2.65. The molecule has 2 aromatic carbocycles. The first-order chi connectivity index (χ1) is 12.3. The number of nitrogens with zero attached hydrogens (tertiary/aromatic N) is 1. The predicted octanol–water partition coefficient (Wildman–Crippen LogP) is 3.02. The third kappa shape index (κ3) is 4.44. The van der Waals surface area contributed by atoms with Crippen LogP contribution < -0.4 is 4.74 Å². The molecule has 1 aliphatic rings. The highest BCUT2D eigenvalue weighted by Crippen LogP contribution is 2.22. The van der Waals surface area contributed by atoms with E-state index < -0.39 is 5.60 Å². The number of para-hydroxylation sites is 1. The largest absolute Gasteiger partial charge is 0.486 e. The lowest BCUT2D eigenvalue weighted by molar-refractivity contribution is 0.0175. The third-order valence-electron chi connectivity index (χ3n) is 4.17. The van der Waals surface area contributed by atoms with Gasteiger partial charge in [0.2, 0.25) is 0 Å². The number of hydrogen-bond donors (Lipinski definition) is 1. The molecule has 1 N–H and O–H groups in total. The van der Waals surface area contributed by atoms with E-state index in [-0.39, 0.29) is 12.0 Å². The second kappa shape index (κ2) is 7.23. The molecule has 26 heavy (non-hydrogen) atoms. The third-order valence-corrected chi connectivity index (χ3v) is 4.17. The molecule has 0 bridgehead atoms. The standard InChI is InChI=1S/C22H23NO3/c1-16-6-4-5-7-20(16)26-19-14-23(15-19)21(24)18-10-8-17(9-11-18)12-13-22(2,3)25/h4-11,19,25H,14-15H2,1-3H3. The number of ether oxygens (including phenoxy) is 1. The summed E-state index contributed by atoms with van der Waals surface area (Å²) in [4.78, 5) is 14.3. The van der Waals surface area contributed by atoms with Crippen molar-refractivity contribution in [3.8, 4) is 17.6 Å². The van der Waals surface area contributed by atoms with Gasteiger partial charge in [0.25, 0.3) is 5.91 Å². The minimum atomic E-state index is -1.03. The minimum absolute atomic E-state index is 0.00312. The summed E-state index contributed by atoms with van der Waals surface area (Å²) in [5.41, 5.74) is 1.47. The van der Waals surface area contributed by atoms with Crippen molar-refractivity contribution in [2.24, 2.45) is 0 Å². The van der Waals surface area contributed by atoms with Gasteiger partial charge in [-0.3, -0.25) is 4.79 Å². The van der Waals surface area contributed by atoms with Crippen molar-refractivity contribution in [1.82, 2.24) is 4.90 Å². The summed E-state index contributed by atoms with van der Waals surface area (Å²) in [7, 11) is 0. The van der Waals surface area contributed by atoms with E-state index in [4.69, 9.17) is 4.74 Å². The van der Waals surface area contributed by atoms with Gasteiger partial charge in [-0.15, -0.1) is 0 Å². The number of benzene rings is 2. The zero-order valence-electron chi connectivity index (χ0n) is 15.3. The van der Waals surface area contributed by atoms with Gasteiger partial charge in [0.1, 0.15) is 17.5 Å². The van der Waals surface area contributed by atoms with Gasteiger partial charge in [0.15, 0.2) is 0 Å². The topological polar surface area (TPSA) is 49.8 Å². The molecule has 1 saturated heterocycles. The fraction of sp³-hybridized carbons (Fsp3) is 0.318. The Hall–Kier alpha value is -2.77. The highest BCUT2D eigenvalue weighted by Gasteiger charge is 2.32. The van der Waals surface area contributed by atoms with Crippen LogP contribution in [-0.2, 0) is 0 Å². The second-order valence-electron chi connectivity index (χ2n) is 7.10. The zero-order chi connectivity index (χ0) is 18.7. The molecule has 0 unspecified atom stereocenters. The first-order valence-corrected chi connectivity index (χ1v) is 8.69. The predicted molar refractivity (Wildman–Crippen MR) is 101 cm³/mol. The normalized spacial score (nSPS) is 14.2. The van der Waals surface area contributed by atoms with Crippen molar-refractivity contribution in [3.63, 3.8) is 0 Å². The maximum Gasteiger partial charge on any atom is 0.254 e. The van der Waals surface area contributed by atoms with Crippen molar-refractivity contribution < 1.29 is 14.6 Å². The van der Waals surface area contributed by atoms with Crippen LogP contribution in [0.2, 0.25) is 0 Å². The van der Waals surface area contributed by atoms with Crippen LogP contribution in [-0.4, -0.2) is 40.7 Å². The molecule has 4 nitrogen and oxygen atoms in total. The Labute approximate surface area is 154 Å². The Morgan fingerprint density at radius 1 is 1.15 bits per heavy atom. The first-order valence-electron chi connectivity index (χ1n) is 8.69. The van der Waals surface area contributed by atoms with Crippen LogP contribution >= 0.6 is 0 Å². The molecule has 4 heteroatoms. The van der Waals surface area contributed by atoms with Crippen LogP contribution in [0.3, 0.4) is 0 Å². The van der Waals surface area contributed by atoms with E-state index in [1.165, 1.54) is 0 Å². The maximum atomic E-state index is 12.5. The number of aryl methyl sites for hydroxylation is 1. The monoisotopic (exact) mass is 349 g/mol. The van der Waals surface area contributed by atoms with Crippen molar-refractivity contribution in [1.29, 1.82) is 0 Å². The van der Waals surface area contributed by atoms with Gasteiger partial charge in [0, 0.05) is 11.1 Å². The summed E-state index contributed by atoms with van der Waals surface area (Å²) in [5.74, 6) is 6.53. The average Bonchev–Trinajstić information content (AvgIpc) is 2.57. The summed E-state index contributed by atoms with van der Waals surface area (Å²) in [6.45, 7) is 6.47. The van der Waals surface area contributed by atoms with Gasteiger partial charge in [-0.05, 0) is 56.7 Å². The van der Waals surface area contributed by atoms with Crippen molar-refractivity contribution in [2.45, 2.75) is 32.5 Å². The summed E-state index contributed by atoms with van der Waals surface area (Å²) in [5, 5.41) is 9.64. The molecule has 2 aromatic rings. The van der Waals surface area contributed by atoms with E-state index in [1.54, 1.807) is 43.0 Å². The molecule has 0 spiro atoms. The first kappa shape index (κ1) is 18.0. The molecule has 1 fully saturated rings. The number of aliphatic hydroxyl groups is 1. The smallest absolute Gasteiger partial charge is 0.254 e. The van der Waals surface area contributed by atoms with E-state index in [0.717, 1.165) is 16.9 Å². The molecular weight excluding hydrogens is 326 g/mol. The average molecular weight is 349 g/mol. The van der Waals surface area contributed by atoms with E-state index >= 15 is 0 Å². The molecule has 1 amide bonds. The SMILES string of the molecule is Cc1ccccc1OC1CN(C(=O)c2ccc(C#CC(C)(C)O)cc2)C1. The lowest BCUT2D eigenvalue weighted by Crippen LogP contribution is -2.56. The lowest BCUT2D eigenvalue weighted by Gasteiger charge is -2.39. The quantitative estimate of drug-likeness (QED) is 0.867. The minimum Gasteiger partial charge on any atom is -0.486 e. The highest BCUT2D eigenvalue weighted by molar-refractivity contribution is 5.94. The molecule has 3 rings (SSSR count). The van der Waals surface area contributed by atoms with Gasteiger partial charge in [-0.2, -0.15) is 0 Å². The summed E-state index contributed by atoms with van der Waals surface area (Å²) >= 11 is 0. The Kier molecular flexibility index (Phi) is 5.01. The zero-order valence-corrected chi connectivity index (χ0v) is 15.3. The molecule has 134 valence electrons. The number of amides is 1. The highest BCUT2D eigenvalue weighted by atomic mass is 16.5. The van der Waals surface area contributed by atoms with Crippen LogP contribution in [0.15, 0.2) is 48.5 Å². The second-order valence-corrected chi connectivity index (χ2v) is 7.10. The van der Waals surface area contributed by atoms with Crippen LogP contribution in [0.1, 0.15) is 35.3 Å². The van der Waals surface area contributed by atoms with Crippen LogP contribution in [0.4, 0.5) is 0 Å². The molecule has 0 radical (unpaired) electrons. The Balaban J connectivity index is 1.56. The Morgan fingerprint density at radius 2 is 1.81 bits per heavy atom. The van der Waals surface area contributed by atoms with E-state index in [0.29, 0.717) is 18.7 Å². The number of rotatable bonds is 3. The van der Waals surface area contributed by atoms with Gasteiger partial charge in [0.05, 0.1) is 13.1 Å². The number of likely N-dealkylation sites (tertiary alicyclic amines) is 1. The van der Waals surface area contributed by atoms with Gasteiger partial charge >= 0.3 is 0 Å². The fourth-order valence-corrected chi connectivity index (χ4v) is 2.65. The van der Waals surface area contributed by atoms with E-state index in [1.807, 2.05) is 31.2 Å². The Morgan fingerprint density at radius 3 is 2.42 bits per heavy atom. The van der Waals surface area contributed by atoms with E-state index in [9.17, 15) is 9.90 Å². The molecule has 1 aliphatic heterocycles. The van der Waals surface area contributed by atoms with Gasteiger partial charge in [-0.25, -0.2) is 0 Å². The number of hydrogen-bond acceptors (Lipinski definition) is 3. The van der Waals surface area contributed by atoms with Crippen molar-refractivity contribution >= 4 is 5.91 Å². The van der Waals surface area contributed by atoms with Gasteiger partial charge < -0.3 is 14.7 Å². The van der Waals surface area contributed by atoms with Crippen molar-refractivity contribution in [3.05, 3.63) is 65.2 Å².